The van der Waals surface area contributed by atoms with Gasteiger partial charge < -0.3 is 20.5 Å². The Kier molecular flexibility index (Phi) is 6.13. The Morgan fingerprint density at radius 2 is 1.71 bits per heavy atom. The normalized spacial score (nSPS) is 9.62. The quantitative estimate of drug-likeness (QED) is 0.718. The molecule has 0 spiro atoms. The maximum absolute atomic E-state index is 12.0. The van der Waals surface area contributed by atoms with Crippen molar-refractivity contribution in [2.45, 2.75) is 20.3 Å². The van der Waals surface area contributed by atoms with E-state index in [-0.39, 0.29) is 18.7 Å². The van der Waals surface area contributed by atoms with Gasteiger partial charge in [0.25, 0.3) is 11.8 Å². The van der Waals surface area contributed by atoms with Crippen molar-refractivity contribution in [3.63, 3.8) is 0 Å². The second-order valence-corrected chi connectivity index (χ2v) is 4.57. The third-order valence-corrected chi connectivity index (χ3v) is 2.62. The third-order valence-electron chi connectivity index (χ3n) is 2.62. The van der Waals surface area contributed by atoms with Gasteiger partial charge in [-0.3, -0.25) is 9.59 Å². The number of benzene rings is 1. The lowest BCUT2D eigenvalue weighted by atomic mass is 10.2. The van der Waals surface area contributed by atoms with Crippen LogP contribution in [0.5, 0.6) is 0 Å². The average Bonchev–Trinajstić information content (AvgIpc) is 2.44. The summed E-state index contributed by atoms with van der Waals surface area (Å²) in [5.74, 6) is -2.18. The van der Waals surface area contributed by atoms with Crippen molar-refractivity contribution in [3.8, 4) is 0 Å². The molecule has 0 fully saturated rings. The lowest BCUT2D eigenvalue weighted by molar-refractivity contribution is -0.305. The van der Waals surface area contributed by atoms with Crippen molar-refractivity contribution in [1.29, 1.82) is 0 Å². The van der Waals surface area contributed by atoms with E-state index in [0.29, 0.717) is 11.1 Å². The van der Waals surface area contributed by atoms with Gasteiger partial charge in [0.15, 0.2) is 0 Å². The fraction of sp³-hybridized carbons (Fsp3) is 0.267. The van der Waals surface area contributed by atoms with E-state index in [1.54, 1.807) is 44.2 Å². The summed E-state index contributed by atoms with van der Waals surface area (Å²) in [7, 11) is 0. The Hall–Kier alpha value is -2.63. The highest BCUT2D eigenvalue weighted by Crippen LogP contribution is 2.04. The van der Waals surface area contributed by atoms with Crippen molar-refractivity contribution in [2.24, 2.45) is 0 Å². The van der Waals surface area contributed by atoms with E-state index < -0.39 is 17.8 Å². The summed E-state index contributed by atoms with van der Waals surface area (Å²) in [6.45, 7) is 3.30. The van der Waals surface area contributed by atoms with Crippen LogP contribution in [0.2, 0.25) is 0 Å². The van der Waals surface area contributed by atoms with E-state index in [2.05, 4.69) is 10.6 Å². The van der Waals surface area contributed by atoms with Crippen LogP contribution in [0.4, 0.5) is 0 Å². The molecule has 2 amide bonds. The van der Waals surface area contributed by atoms with Gasteiger partial charge in [0.2, 0.25) is 0 Å². The predicted molar refractivity (Wildman–Crippen MR) is 74.9 cm³/mol. The number of nitrogens with one attached hydrogen (secondary N) is 2. The molecule has 0 aromatic heterocycles. The monoisotopic (exact) mass is 289 g/mol. The fourth-order valence-electron chi connectivity index (χ4n) is 1.55. The van der Waals surface area contributed by atoms with Crippen molar-refractivity contribution >= 4 is 17.8 Å². The molecule has 0 radical (unpaired) electrons. The van der Waals surface area contributed by atoms with Crippen LogP contribution in [-0.2, 0) is 9.59 Å². The van der Waals surface area contributed by atoms with Crippen molar-refractivity contribution < 1.29 is 19.5 Å². The zero-order valence-electron chi connectivity index (χ0n) is 11.9. The van der Waals surface area contributed by atoms with Crippen LogP contribution in [0, 0.1) is 0 Å². The Balaban J connectivity index is 2.71. The van der Waals surface area contributed by atoms with Crippen LogP contribution in [0.1, 0.15) is 30.6 Å². The van der Waals surface area contributed by atoms with Crippen molar-refractivity contribution in [1.82, 2.24) is 10.6 Å². The molecular weight excluding hydrogens is 272 g/mol. The number of hydrogen-bond donors (Lipinski definition) is 2. The summed E-state index contributed by atoms with van der Waals surface area (Å²) >= 11 is 0. The Morgan fingerprint density at radius 1 is 1.10 bits per heavy atom. The van der Waals surface area contributed by atoms with Gasteiger partial charge >= 0.3 is 0 Å². The van der Waals surface area contributed by atoms with Crippen LogP contribution in [0.3, 0.4) is 0 Å². The zero-order chi connectivity index (χ0) is 15.8. The van der Waals surface area contributed by atoms with Gasteiger partial charge in [-0.05, 0) is 31.6 Å². The summed E-state index contributed by atoms with van der Waals surface area (Å²) in [6.07, 6.45) is -0.283. The smallest absolute Gasteiger partial charge is 0.267 e. The van der Waals surface area contributed by atoms with Crippen LogP contribution < -0.4 is 15.7 Å². The van der Waals surface area contributed by atoms with E-state index in [1.165, 1.54) is 0 Å². The van der Waals surface area contributed by atoms with E-state index in [9.17, 15) is 19.5 Å². The number of carboxylic acids is 1. The minimum absolute atomic E-state index is 0.0564. The topological polar surface area (TPSA) is 98.3 Å². The van der Waals surface area contributed by atoms with Crippen molar-refractivity contribution in [2.75, 3.05) is 6.54 Å². The molecule has 0 unspecified atom stereocenters. The molecule has 112 valence electrons. The molecular formula is C15H17N2O4-. The molecule has 0 aliphatic rings. The first-order valence-electron chi connectivity index (χ1n) is 6.43. The van der Waals surface area contributed by atoms with E-state index in [0.717, 1.165) is 0 Å². The zero-order valence-corrected chi connectivity index (χ0v) is 11.9. The molecule has 0 aliphatic carbocycles. The summed E-state index contributed by atoms with van der Waals surface area (Å²) in [5, 5.41) is 15.3. The van der Waals surface area contributed by atoms with Gasteiger partial charge in [-0.2, -0.15) is 0 Å². The first-order chi connectivity index (χ1) is 9.91. The van der Waals surface area contributed by atoms with Crippen molar-refractivity contribution in [3.05, 3.63) is 47.2 Å². The summed E-state index contributed by atoms with van der Waals surface area (Å²) in [4.78, 5) is 34.3. The molecule has 0 saturated carbocycles. The first kappa shape index (κ1) is 16.4. The predicted octanol–water partition coefficient (Wildman–Crippen LogP) is -0.0335. The molecule has 0 atom stereocenters. The summed E-state index contributed by atoms with van der Waals surface area (Å²) in [5.41, 5.74) is 1.16. The highest BCUT2D eigenvalue weighted by Gasteiger charge is 2.15. The second-order valence-electron chi connectivity index (χ2n) is 4.57. The Morgan fingerprint density at radius 3 is 2.24 bits per heavy atom. The number of aliphatic carboxylic acids is 1. The van der Waals surface area contributed by atoms with Gasteiger partial charge in [-0.25, -0.2) is 0 Å². The number of carbonyl (C=O) groups excluding carboxylic acids is 3. The molecule has 21 heavy (non-hydrogen) atoms. The number of amides is 2. The highest BCUT2D eigenvalue weighted by molar-refractivity contribution is 6.03. The number of hydrogen-bond acceptors (Lipinski definition) is 4. The minimum Gasteiger partial charge on any atom is -0.550 e. The number of carboxylic acid groups (broad SMARTS) is 1. The lowest BCUT2D eigenvalue weighted by Gasteiger charge is -2.12. The Labute approximate surface area is 122 Å². The molecule has 2 N–H and O–H groups in total. The maximum atomic E-state index is 12.0. The molecule has 1 aromatic carbocycles. The van der Waals surface area contributed by atoms with Gasteiger partial charge in [0.1, 0.15) is 5.70 Å². The molecule has 1 aromatic rings. The average molecular weight is 289 g/mol. The molecule has 6 nitrogen and oxygen atoms in total. The number of allylic oxidation sites excluding steroid dienone is 1. The van der Waals surface area contributed by atoms with Crippen LogP contribution in [0.25, 0.3) is 0 Å². The molecule has 0 aliphatic heterocycles. The SMILES string of the molecule is CC(C)=C(NC(=O)c1ccccc1)C(=O)NCCC(=O)[O-]. The summed E-state index contributed by atoms with van der Waals surface area (Å²) < 4.78 is 0. The maximum Gasteiger partial charge on any atom is 0.267 e. The van der Waals surface area contributed by atoms with Gasteiger partial charge in [0.05, 0.1) is 0 Å². The van der Waals surface area contributed by atoms with E-state index in [1.807, 2.05) is 0 Å². The number of carbonyl (C=O) groups is 3. The molecule has 6 heteroatoms. The lowest BCUT2D eigenvalue weighted by Crippen LogP contribution is -2.37. The number of rotatable bonds is 6. The largest absolute Gasteiger partial charge is 0.550 e. The first-order valence-corrected chi connectivity index (χ1v) is 6.43. The molecule has 0 saturated heterocycles. The third kappa shape index (κ3) is 5.48. The van der Waals surface area contributed by atoms with E-state index >= 15 is 0 Å². The van der Waals surface area contributed by atoms with E-state index in [4.69, 9.17) is 0 Å². The summed E-state index contributed by atoms with van der Waals surface area (Å²) in [6, 6.07) is 8.48. The molecule has 0 bridgehead atoms. The van der Waals surface area contributed by atoms with Crippen LogP contribution >= 0.6 is 0 Å². The highest BCUT2D eigenvalue weighted by atomic mass is 16.4. The Bertz CT molecular complexity index is 560. The molecule has 0 heterocycles. The van der Waals surface area contributed by atoms with Gasteiger partial charge in [-0.1, -0.05) is 18.2 Å². The molecule has 1 rings (SSSR count). The standard InChI is InChI=1S/C15H18N2O4/c1-10(2)13(15(21)16-9-8-12(18)19)17-14(20)11-6-4-3-5-7-11/h3-7H,8-9H2,1-2H3,(H,16,21)(H,17,20)(H,18,19)/p-1. The van der Waals surface area contributed by atoms with Gasteiger partial charge in [0, 0.05) is 24.5 Å². The van der Waals surface area contributed by atoms with Crippen LogP contribution in [0.15, 0.2) is 41.6 Å². The van der Waals surface area contributed by atoms with Crippen LogP contribution in [-0.4, -0.2) is 24.3 Å². The second kappa shape index (κ2) is 7.84. The fourth-order valence-corrected chi connectivity index (χ4v) is 1.55. The van der Waals surface area contributed by atoms with Gasteiger partial charge in [-0.15, -0.1) is 0 Å². The minimum atomic E-state index is -1.25.